The lowest BCUT2D eigenvalue weighted by Crippen LogP contribution is -2.39. The molecule has 0 radical (unpaired) electrons. The van der Waals surface area contributed by atoms with Gasteiger partial charge in [0.15, 0.2) is 0 Å². The molecule has 1 aromatic rings. The van der Waals surface area contributed by atoms with Crippen LogP contribution in [0.3, 0.4) is 0 Å². The van der Waals surface area contributed by atoms with Gasteiger partial charge in [-0.1, -0.05) is 31.5 Å². The van der Waals surface area contributed by atoms with E-state index in [9.17, 15) is 4.79 Å². The van der Waals surface area contributed by atoms with Crippen LogP contribution in [0.5, 0.6) is 0 Å². The maximum absolute atomic E-state index is 12.5. The number of hydrogen-bond donors (Lipinski definition) is 1. The SMILES string of the molecule is CCCc1ccccc1N1CCC(NC2CC2)C1=O. The lowest BCUT2D eigenvalue weighted by atomic mass is 10.1. The minimum atomic E-state index is 0.0437. The van der Waals surface area contributed by atoms with E-state index in [2.05, 4.69) is 30.4 Å². The van der Waals surface area contributed by atoms with Gasteiger partial charge in [0.2, 0.25) is 5.91 Å². The zero-order valence-corrected chi connectivity index (χ0v) is 11.6. The summed E-state index contributed by atoms with van der Waals surface area (Å²) in [4.78, 5) is 14.5. The van der Waals surface area contributed by atoms with Crippen molar-refractivity contribution in [1.82, 2.24) is 5.32 Å². The first-order valence-corrected chi connectivity index (χ1v) is 7.45. The van der Waals surface area contributed by atoms with Gasteiger partial charge in [0, 0.05) is 18.3 Å². The van der Waals surface area contributed by atoms with Crippen LogP contribution in [0.2, 0.25) is 0 Å². The van der Waals surface area contributed by atoms with Crippen LogP contribution in [-0.2, 0) is 11.2 Å². The molecular formula is C16H22N2O. The third-order valence-electron chi connectivity index (χ3n) is 4.02. The second-order valence-corrected chi connectivity index (χ2v) is 5.65. The van der Waals surface area contributed by atoms with E-state index >= 15 is 0 Å². The molecule has 3 heteroatoms. The van der Waals surface area contributed by atoms with Crippen molar-refractivity contribution in [2.75, 3.05) is 11.4 Å². The Labute approximate surface area is 115 Å². The Kier molecular flexibility index (Phi) is 3.56. The fourth-order valence-corrected chi connectivity index (χ4v) is 2.86. The minimum Gasteiger partial charge on any atom is -0.311 e. The monoisotopic (exact) mass is 258 g/mol. The Hall–Kier alpha value is -1.35. The highest BCUT2D eigenvalue weighted by molar-refractivity contribution is 6.00. The molecule has 0 bridgehead atoms. The average molecular weight is 258 g/mol. The molecule has 102 valence electrons. The first kappa shape index (κ1) is 12.7. The van der Waals surface area contributed by atoms with Gasteiger partial charge in [-0.3, -0.25) is 4.79 Å². The molecule has 19 heavy (non-hydrogen) atoms. The van der Waals surface area contributed by atoms with E-state index in [0.29, 0.717) is 6.04 Å². The number of nitrogens with one attached hydrogen (secondary N) is 1. The zero-order valence-electron chi connectivity index (χ0n) is 11.6. The summed E-state index contributed by atoms with van der Waals surface area (Å²) in [5, 5.41) is 3.46. The van der Waals surface area contributed by atoms with Crippen molar-refractivity contribution in [2.24, 2.45) is 0 Å². The average Bonchev–Trinajstić information content (AvgIpc) is 3.16. The normalized spacial score (nSPS) is 23.1. The number of carbonyl (C=O) groups excluding carboxylic acids is 1. The summed E-state index contributed by atoms with van der Waals surface area (Å²) in [5.74, 6) is 0.260. The Bertz CT molecular complexity index is 468. The first-order chi connectivity index (χ1) is 9.29. The third kappa shape index (κ3) is 2.66. The number of hydrogen-bond acceptors (Lipinski definition) is 2. The van der Waals surface area contributed by atoms with Crippen LogP contribution in [0, 0.1) is 0 Å². The second-order valence-electron chi connectivity index (χ2n) is 5.65. The summed E-state index contributed by atoms with van der Waals surface area (Å²) in [6.07, 6.45) is 5.56. The van der Waals surface area contributed by atoms with Gasteiger partial charge in [0.05, 0.1) is 6.04 Å². The number of aryl methyl sites for hydroxylation is 1. The van der Waals surface area contributed by atoms with Crippen molar-refractivity contribution in [3.05, 3.63) is 29.8 Å². The van der Waals surface area contributed by atoms with Crippen molar-refractivity contribution in [3.8, 4) is 0 Å². The molecule has 0 spiro atoms. The molecule has 1 N–H and O–H groups in total. The summed E-state index contributed by atoms with van der Waals surface area (Å²) in [6, 6.07) is 8.97. The van der Waals surface area contributed by atoms with Crippen molar-refractivity contribution >= 4 is 11.6 Å². The Morgan fingerprint density at radius 3 is 2.79 bits per heavy atom. The molecule has 2 fully saturated rings. The smallest absolute Gasteiger partial charge is 0.244 e. The number of anilines is 1. The molecule has 1 saturated carbocycles. The highest BCUT2D eigenvalue weighted by atomic mass is 16.2. The summed E-state index contributed by atoms with van der Waals surface area (Å²) in [6.45, 7) is 3.03. The van der Waals surface area contributed by atoms with Crippen molar-refractivity contribution in [3.63, 3.8) is 0 Å². The molecule has 1 saturated heterocycles. The highest BCUT2D eigenvalue weighted by Gasteiger charge is 2.36. The number of para-hydroxylation sites is 1. The molecule has 1 aliphatic carbocycles. The molecule has 1 heterocycles. The van der Waals surface area contributed by atoms with Crippen LogP contribution >= 0.6 is 0 Å². The zero-order chi connectivity index (χ0) is 13.2. The molecule has 1 aromatic carbocycles. The van der Waals surface area contributed by atoms with Crippen LogP contribution in [0.4, 0.5) is 5.69 Å². The van der Waals surface area contributed by atoms with Gasteiger partial charge < -0.3 is 10.2 Å². The molecular weight excluding hydrogens is 236 g/mol. The minimum absolute atomic E-state index is 0.0437. The van der Waals surface area contributed by atoms with Crippen molar-refractivity contribution < 1.29 is 4.79 Å². The van der Waals surface area contributed by atoms with E-state index in [0.717, 1.165) is 31.5 Å². The fraction of sp³-hybridized carbons (Fsp3) is 0.562. The van der Waals surface area contributed by atoms with E-state index in [1.807, 2.05) is 11.0 Å². The molecule has 3 rings (SSSR count). The molecule has 0 aromatic heterocycles. The topological polar surface area (TPSA) is 32.3 Å². The standard InChI is InChI=1S/C16H22N2O/c1-2-5-12-6-3-4-7-15(12)18-11-10-14(16(18)19)17-13-8-9-13/h3-4,6-7,13-14,17H,2,5,8-11H2,1H3. The quantitative estimate of drug-likeness (QED) is 0.880. The summed E-state index contributed by atoms with van der Waals surface area (Å²) in [7, 11) is 0. The maximum atomic E-state index is 12.5. The molecule has 2 aliphatic rings. The predicted octanol–water partition coefficient (Wildman–Crippen LogP) is 2.50. The predicted molar refractivity (Wildman–Crippen MR) is 77.4 cm³/mol. The first-order valence-electron chi connectivity index (χ1n) is 7.45. The van der Waals surface area contributed by atoms with E-state index in [4.69, 9.17) is 0 Å². The number of nitrogens with zero attached hydrogens (tertiary/aromatic N) is 1. The summed E-state index contributed by atoms with van der Waals surface area (Å²) in [5.41, 5.74) is 2.42. The largest absolute Gasteiger partial charge is 0.311 e. The van der Waals surface area contributed by atoms with E-state index < -0.39 is 0 Å². The number of benzene rings is 1. The highest BCUT2D eigenvalue weighted by Crippen LogP contribution is 2.28. The summed E-state index contributed by atoms with van der Waals surface area (Å²) < 4.78 is 0. The Morgan fingerprint density at radius 1 is 1.26 bits per heavy atom. The Balaban J connectivity index is 1.76. The van der Waals surface area contributed by atoms with E-state index in [1.165, 1.54) is 18.4 Å². The van der Waals surface area contributed by atoms with Crippen LogP contribution in [0.15, 0.2) is 24.3 Å². The van der Waals surface area contributed by atoms with Crippen LogP contribution < -0.4 is 10.2 Å². The molecule has 1 amide bonds. The van der Waals surface area contributed by atoms with Gasteiger partial charge in [0.25, 0.3) is 0 Å². The molecule has 1 unspecified atom stereocenters. The van der Waals surface area contributed by atoms with Gasteiger partial charge in [-0.05, 0) is 37.3 Å². The summed E-state index contributed by atoms with van der Waals surface area (Å²) >= 11 is 0. The van der Waals surface area contributed by atoms with Crippen LogP contribution in [0.25, 0.3) is 0 Å². The van der Waals surface area contributed by atoms with E-state index in [-0.39, 0.29) is 11.9 Å². The number of carbonyl (C=O) groups is 1. The van der Waals surface area contributed by atoms with E-state index in [1.54, 1.807) is 0 Å². The van der Waals surface area contributed by atoms with Gasteiger partial charge in [-0.2, -0.15) is 0 Å². The van der Waals surface area contributed by atoms with Gasteiger partial charge in [-0.25, -0.2) is 0 Å². The fourth-order valence-electron chi connectivity index (χ4n) is 2.86. The Morgan fingerprint density at radius 2 is 2.05 bits per heavy atom. The molecule has 1 aliphatic heterocycles. The van der Waals surface area contributed by atoms with Crippen LogP contribution in [-0.4, -0.2) is 24.5 Å². The van der Waals surface area contributed by atoms with Gasteiger partial charge in [-0.15, -0.1) is 0 Å². The van der Waals surface area contributed by atoms with Crippen molar-refractivity contribution in [1.29, 1.82) is 0 Å². The number of amides is 1. The van der Waals surface area contributed by atoms with Gasteiger partial charge in [0.1, 0.15) is 0 Å². The molecule has 1 atom stereocenters. The second kappa shape index (κ2) is 5.33. The maximum Gasteiger partial charge on any atom is 0.244 e. The number of rotatable bonds is 5. The third-order valence-corrected chi connectivity index (χ3v) is 4.02. The van der Waals surface area contributed by atoms with Crippen molar-refractivity contribution in [2.45, 2.75) is 51.1 Å². The van der Waals surface area contributed by atoms with Crippen LogP contribution in [0.1, 0.15) is 38.2 Å². The lowest BCUT2D eigenvalue weighted by molar-refractivity contribution is -0.118. The lowest BCUT2D eigenvalue weighted by Gasteiger charge is -2.20. The van der Waals surface area contributed by atoms with Gasteiger partial charge >= 0.3 is 0 Å². The molecule has 3 nitrogen and oxygen atoms in total.